The highest BCUT2D eigenvalue weighted by atomic mass is 32.2. The van der Waals surface area contributed by atoms with Crippen molar-refractivity contribution in [1.29, 1.82) is 0 Å². The number of hydrogen-bond acceptors (Lipinski definition) is 4. The Kier molecular flexibility index (Phi) is 4.67. The molecule has 0 saturated heterocycles. The van der Waals surface area contributed by atoms with E-state index < -0.39 is 22.0 Å². The van der Waals surface area contributed by atoms with Gasteiger partial charge in [0.25, 0.3) is 0 Å². The highest BCUT2D eigenvalue weighted by Gasteiger charge is 2.15. The van der Waals surface area contributed by atoms with Crippen LogP contribution in [0.2, 0.25) is 0 Å². The zero-order valence-electron chi connectivity index (χ0n) is 10.4. The number of nitrogens with two attached hydrogens (primary N) is 2. The molecule has 0 bridgehead atoms. The molecule has 0 aromatic heterocycles. The molecular weight excluding hydrogens is 266 g/mol. The maximum Gasteiger partial charge on any atom is 0.242 e. The van der Waals surface area contributed by atoms with E-state index in [1.807, 2.05) is 0 Å². The number of aryl methyl sites for hydroxylation is 1. The molecule has 0 heterocycles. The SMILES string of the molecule is C#CCC(N)C(=O)Nc1cc(S(N)(=O)=O)ccc1C. The second-order valence-electron chi connectivity index (χ2n) is 4.03. The van der Waals surface area contributed by atoms with Gasteiger partial charge in [0, 0.05) is 12.1 Å². The number of terminal acetylenes is 1. The maximum absolute atomic E-state index is 11.7. The van der Waals surface area contributed by atoms with Gasteiger partial charge in [0.05, 0.1) is 10.9 Å². The predicted molar refractivity (Wildman–Crippen MR) is 72.6 cm³/mol. The van der Waals surface area contributed by atoms with Crippen LogP contribution in [0.3, 0.4) is 0 Å². The molecule has 6 nitrogen and oxygen atoms in total. The van der Waals surface area contributed by atoms with Gasteiger partial charge in [0.15, 0.2) is 0 Å². The van der Waals surface area contributed by atoms with E-state index >= 15 is 0 Å². The van der Waals surface area contributed by atoms with Crippen LogP contribution in [0.1, 0.15) is 12.0 Å². The molecule has 1 rings (SSSR count). The average molecular weight is 281 g/mol. The fraction of sp³-hybridized carbons (Fsp3) is 0.250. The molecule has 7 heteroatoms. The van der Waals surface area contributed by atoms with Crippen LogP contribution in [-0.2, 0) is 14.8 Å². The van der Waals surface area contributed by atoms with Crippen molar-refractivity contribution in [2.75, 3.05) is 5.32 Å². The number of nitrogens with one attached hydrogen (secondary N) is 1. The van der Waals surface area contributed by atoms with Crippen LogP contribution in [0.15, 0.2) is 23.1 Å². The lowest BCUT2D eigenvalue weighted by Crippen LogP contribution is -2.35. The van der Waals surface area contributed by atoms with Gasteiger partial charge in [-0.25, -0.2) is 13.6 Å². The van der Waals surface area contributed by atoms with Crippen LogP contribution in [-0.4, -0.2) is 20.4 Å². The number of sulfonamides is 1. The molecule has 0 fully saturated rings. The topological polar surface area (TPSA) is 115 Å². The molecule has 0 aliphatic rings. The van der Waals surface area contributed by atoms with E-state index in [0.29, 0.717) is 11.3 Å². The Morgan fingerprint density at radius 2 is 2.16 bits per heavy atom. The molecule has 0 radical (unpaired) electrons. The Morgan fingerprint density at radius 1 is 1.53 bits per heavy atom. The smallest absolute Gasteiger partial charge is 0.242 e. The van der Waals surface area contributed by atoms with Gasteiger partial charge in [-0.05, 0) is 24.6 Å². The van der Waals surface area contributed by atoms with Gasteiger partial charge in [-0.3, -0.25) is 4.79 Å². The van der Waals surface area contributed by atoms with E-state index in [2.05, 4.69) is 11.2 Å². The summed E-state index contributed by atoms with van der Waals surface area (Å²) in [6.07, 6.45) is 5.16. The van der Waals surface area contributed by atoms with Crippen molar-refractivity contribution in [2.24, 2.45) is 10.9 Å². The average Bonchev–Trinajstić information content (AvgIpc) is 2.30. The van der Waals surface area contributed by atoms with Crippen molar-refractivity contribution in [1.82, 2.24) is 0 Å². The molecule has 0 spiro atoms. The van der Waals surface area contributed by atoms with Gasteiger partial charge in [-0.15, -0.1) is 12.3 Å². The largest absolute Gasteiger partial charge is 0.324 e. The Bertz CT molecular complexity index is 632. The number of benzene rings is 1. The molecule has 0 aliphatic carbocycles. The lowest BCUT2D eigenvalue weighted by molar-refractivity contribution is -0.117. The van der Waals surface area contributed by atoms with E-state index in [1.54, 1.807) is 13.0 Å². The van der Waals surface area contributed by atoms with E-state index in [1.165, 1.54) is 12.1 Å². The summed E-state index contributed by atoms with van der Waals surface area (Å²) >= 11 is 0. The van der Waals surface area contributed by atoms with Crippen molar-refractivity contribution < 1.29 is 13.2 Å². The molecule has 0 aliphatic heterocycles. The summed E-state index contributed by atoms with van der Waals surface area (Å²) in [6, 6.07) is 3.34. The van der Waals surface area contributed by atoms with Gasteiger partial charge in [0.1, 0.15) is 0 Å². The van der Waals surface area contributed by atoms with Gasteiger partial charge < -0.3 is 11.1 Å². The number of carbonyl (C=O) groups is 1. The van der Waals surface area contributed by atoms with Gasteiger partial charge >= 0.3 is 0 Å². The predicted octanol–water partition coefficient (Wildman–Crippen LogP) is -0.0685. The minimum absolute atomic E-state index is 0.0843. The monoisotopic (exact) mass is 281 g/mol. The minimum Gasteiger partial charge on any atom is -0.324 e. The third kappa shape index (κ3) is 4.06. The highest BCUT2D eigenvalue weighted by molar-refractivity contribution is 7.89. The number of rotatable bonds is 4. The Labute approximate surface area is 112 Å². The van der Waals surface area contributed by atoms with Crippen molar-refractivity contribution in [3.63, 3.8) is 0 Å². The molecule has 1 aromatic carbocycles. The van der Waals surface area contributed by atoms with Crippen molar-refractivity contribution in [3.8, 4) is 12.3 Å². The summed E-state index contributed by atoms with van der Waals surface area (Å²) in [5.41, 5.74) is 6.58. The summed E-state index contributed by atoms with van der Waals surface area (Å²) in [4.78, 5) is 11.6. The number of carbonyl (C=O) groups excluding carboxylic acids is 1. The molecule has 19 heavy (non-hydrogen) atoms. The third-order valence-corrected chi connectivity index (χ3v) is 3.38. The fourth-order valence-electron chi connectivity index (χ4n) is 1.36. The van der Waals surface area contributed by atoms with Crippen LogP contribution in [0, 0.1) is 19.3 Å². The molecule has 5 N–H and O–H groups in total. The number of hydrogen-bond donors (Lipinski definition) is 3. The van der Waals surface area contributed by atoms with Crippen LogP contribution < -0.4 is 16.2 Å². The van der Waals surface area contributed by atoms with Gasteiger partial charge in [0.2, 0.25) is 15.9 Å². The van der Waals surface area contributed by atoms with Crippen LogP contribution in [0.25, 0.3) is 0 Å². The summed E-state index contributed by atoms with van der Waals surface area (Å²) in [5, 5.41) is 7.55. The molecular formula is C12H15N3O3S. The Balaban J connectivity index is 3.02. The van der Waals surface area contributed by atoms with Crippen molar-refractivity contribution in [2.45, 2.75) is 24.3 Å². The molecule has 0 saturated carbocycles. The summed E-state index contributed by atoms with van der Waals surface area (Å²) in [6.45, 7) is 1.72. The van der Waals surface area contributed by atoms with E-state index in [-0.39, 0.29) is 11.3 Å². The zero-order valence-corrected chi connectivity index (χ0v) is 11.2. The summed E-state index contributed by atoms with van der Waals surface area (Å²) < 4.78 is 22.5. The summed E-state index contributed by atoms with van der Waals surface area (Å²) in [5.74, 6) is 1.80. The first-order valence-corrected chi connectivity index (χ1v) is 6.93. The zero-order chi connectivity index (χ0) is 14.6. The van der Waals surface area contributed by atoms with E-state index in [9.17, 15) is 13.2 Å². The molecule has 1 aromatic rings. The summed E-state index contributed by atoms with van der Waals surface area (Å²) in [7, 11) is -3.82. The van der Waals surface area contributed by atoms with Crippen molar-refractivity contribution in [3.05, 3.63) is 23.8 Å². The first kappa shape index (κ1) is 15.2. The minimum atomic E-state index is -3.82. The number of primary sulfonamides is 1. The number of amides is 1. The lowest BCUT2D eigenvalue weighted by atomic mass is 10.1. The van der Waals surface area contributed by atoms with Crippen molar-refractivity contribution >= 4 is 21.6 Å². The van der Waals surface area contributed by atoms with Crippen LogP contribution in [0.5, 0.6) is 0 Å². The maximum atomic E-state index is 11.7. The van der Waals surface area contributed by atoms with Gasteiger partial charge in [-0.1, -0.05) is 6.07 Å². The molecule has 102 valence electrons. The van der Waals surface area contributed by atoms with E-state index in [4.69, 9.17) is 17.3 Å². The normalized spacial score (nSPS) is 12.5. The van der Waals surface area contributed by atoms with Crippen LogP contribution in [0.4, 0.5) is 5.69 Å². The molecule has 1 unspecified atom stereocenters. The second-order valence-corrected chi connectivity index (χ2v) is 5.59. The standard InChI is InChI=1S/C12H15N3O3S/c1-3-4-10(13)12(16)15-11-7-9(19(14,17)18)6-5-8(11)2/h1,5-7,10H,4,13H2,2H3,(H,15,16)(H2,14,17,18). The highest BCUT2D eigenvalue weighted by Crippen LogP contribution is 2.19. The molecule has 1 amide bonds. The Hall–Kier alpha value is -1.88. The Morgan fingerprint density at radius 3 is 2.68 bits per heavy atom. The second kappa shape index (κ2) is 5.84. The van der Waals surface area contributed by atoms with Crippen LogP contribution >= 0.6 is 0 Å². The quantitative estimate of drug-likeness (QED) is 0.670. The van der Waals surface area contributed by atoms with E-state index in [0.717, 1.165) is 0 Å². The first-order chi connectivity index (χ1) is 8.75. The lowest BCUT2D eigenvalue weighted by Gasteiger charge is -2.12. The first-order valence-electron chi connectivity index (χ1n) is 5.39. The number of anilines is 1. The molecule has 1 atom stereocenters. The fourth-order valence-corrected chi connectivity index (χ4v) is 1.90. The third-order valence-electron chi connectivity index (χ3n) is 2.47. The van der Waals surface area contributed by atoms with Gasteiger partial charge in [-0.2, -0.15) is 0 Å².